The van der Waals surface area contributed by atoms with Gasteiger partial charge in [-0.3, -0.25) is 9.59 Å². The van der Waals surface area contributed by atoms with Crippen molar-refractivity contribution in [1.82, 2.24) is 10.2 Å². The van der Waals surface area contributed by atoms with E-state index < -0.39 is 6.04 Å². The molecule has 2 rings (SSSR count). The van der Waals surface area contributed by atoms with E-state index in [0.29, 0.717) is 36.1 Å². The summed E-state index contributed by atoms with van der Waals surface area (Å²) in [6, 6.07) is 14.1. The van der Waals surface area contributed by atoms with Crippen LogP contribution in [0.15, 0.2) is 48.5 Å². The lowest BCUT2D eigenvalue weighted by Gasteiger charge is -2.30. The molecule has 7 heteroatoms. The van der Waals surface area contributed by atoms with Gasteiger partial charge in [-0.1, -0.05) is 30.7 Å². The molecular weight excluding hydrogens is 428 g/mol. The van der Waals surface area contributed by atoms with E-state index >= 15 is 0 Å². The molecule has 0 heterocycles. The molecule has 6 nitrogen and oxygen atoms in total. The molecule has 0 aromatic heterocycles. The summed E-state index contributed by atoms with van der Waals surface area (Å²) in [6.07, 6.45) is 1.64. The molecule has 0 unspecified atom stereocenters. The summed E-state index contributed by atoms with van der Waals surface area (Å²) in [7, 11) is 1.60. The number of nitrogens with zero attached hydrogens (tertiary/aromatic N) is 1. The fraction of sp³-hybridized carbons (Fsp3) is 0.440. The Labute approximate surface area is 195 Å². The summed E-state index contributed by atoms with van der Waals surface area (Å²) in [6.45, 7) is 6.44. The van der Waals surface area contributed by atoms with Crippen LogP contribution in [0.3, 0.4) is 0 Å². The maximum atomic E-state index is 13.1. The quantitative estimate of drug-likeness (QED) is 0.460. The van der Waals surface area contributed by atoms with Gasteiger partial charge in [0.15, 0.2) is 0 Å². The van der Waals surface area contributed by atoms with Crippen molar-refractivity contribution >= 4 is 23.4 Å². The van der Waals surface area contributed by atoms with E-state index in [1.807, 2.05) is 38.1 Å². The maximum Gasteiger partial charge on any atom is 0.242 e. The Morgan fingerprint density at radius 1 is 1.09 bits per heavy atom. The highest BCUT2D eigenvalue weighted by molar-refractivity contribution is 6.30. The Morgan fingerprint density at radius 2 is 1.81 bits per heavy atom. The van der Waals surface area contributed by atoms with Crippen molar-refractivity contribution in [3.05, 3.63) is 59.1 Å². The van der Waals surface area contributed by atoms with Gasteiger partial charge in [0.2, 0.25) is 11.8 Å². The van der Waals surface area contributed by atoms with Crippen LogP contribution in [0, 0.1) is 0 Å². The second-order valence-electron chi connectivity index (χ2n) is 7.77. The van der Waals surface area contributed by atoms with Gasteiger partial charge >= 0.3 is 0 Å². The van der Waals surface area contributed by atoms with Gasteiger partial charge in [-0.2, -0.15) is 0 Å². The van der Waals surface area contributed by atoms with Crippen LogP contribution in [0.2, 0.25) is 5.02 Å². The van der Waals surface area contributed by atoms with E-state index in [2.05, 4.69) is 5.32 Å². The summed E-state index contributed by atoms with van der Waals surface area (Å²) >= 11 is 5.88. The number of carbonyl (C=O) groups is 2. The normalized spacial score (nSPS) is 12.5. The molecule has 0 fully saturated rings. The summed E-state index contributed by atoms with van der Waals surface area (Å²) in [4.78, 5) is 27.5. The Kier molecular flexibility index (Phi) is 10.3. The lowest BCUT2D eigenvalue weighted by molar-refractivity contribution is -0.141. The fourth-order valence-corrected chi connectivity index (χ4v) is 3.23. The average molecular weight is 461 g/mol. The first-order valence-electron chi connectivity index (χ1n) is 10.9. The third-order valence-corrected chi connectivity index (χ3v) is 5.52. The number of benzene rings is 2. The minimum atomic E-state index is -0.597. The molecule has 0 aliphatic carbocycles. The van der Waals surface area contributed by atoms with Crippen molar-refractivity contribution in [1.29, 1.82) is 0 Å². The van der Waals surface area contributed by atoms with Crippen LogP contribution >= 0.6 is 11.6 Å². The number of nitrogens with one attached hydrogen (secondary N) is 1. The fourth-order valence-electron chi connectivity index (χ4n) is 3.10. The van der Waals surface area contributed by atoms with Crippen molar-refractivity contribution in [2.75, 3.05) is 13.7 Å². The second-order valence-corrected chi connectivity index (χ2v) is 8.21. The number of hydrogen-bond acceptors (Lipinski definition) is 4. The monoisotopic (exact) mass is 460 g/mol. The van der Waals surface area contributed by atoms with E-state index in [0.717, 1.165) is 12.0 Å². The number of methoxy groups -OCH3 is 1. The van der Waals surface area contributed by atoms with Crippen molar-refractivity contribution in [2.45, 2.75) is 58.7 Å². The number of hydrogen-bond donors (Lipinski definition) is 1. The Hall–Kier alpha value is -2.73. The summed E-state index contributed by atoms with van der Waals surface area (Å²) in [5, 5.41) is 3.62. The van der Waals surface area contributed by atoms with Crippen LogP contribution in [0.25, 0.3) is 0 Å². The van der Waals surface area contributed by atoms with Gasteiger partial charge in [0.05, 0.1) is 13.7 Å². The number of carbonyl (C=O) groups excluding carboxylic acids is 2. The predicted octanol–water partition coefficient (Wildman–Crippen LogP) is 4.84. The number of ether oxygens (including phenoxy) is 2. The third kappa shape index (κ3) is 8.08. The maximum absolute atomic E-state index is 13.1. The van der Waals surface area contributed by atoms with E-state index in [9.17, 15) is 9.59 Å². The second kappa shape index (κ2) is 13.0. The Balaban J connectivity index is 2.03. The van der Waals surface area contributed by atoms with Crippen LogP contribution in [0.5, 0.6) is 11.5 Å². The van der Waals surface area contributed by atoms with Crippen LogP contribution in [0.1, 0.15) is 45.6 Å². The van der Waals surface area contributed by atoms with Crippen LogP contribution in [0.4, 0.5) is 0 Å². The van der Waals surface area contributed by atoms with Crippen LogP contribution in [-0.2, 0) is 16.1 Å². The van der Waals surface area contributed by atoms with Crippen molar-refractivity contribution < 1.29 is 19.1 Å². The van der Waals surface area contributed by atoms with Crippen molar-refractivity contribution in [2.24, 2.45) is 0 Å². The SMILES string of the molecule is CC[C@@H](C)NC(=O)[C@@H](C)N(Cc1cccc(OC)c1)C(=O)CCCOc1ccc(Cl)cc1. The van der Waals surface area contributed by atoms with E-state index in [1.165, 1.54) is 0 Å². The first kappa shape index (κ1) is 25.5. The van der Waals surface area contributed by atoms with Crippen molar-refractivity contribution in [3.63, 3.8) is 0 Å². The topological polar surface area (TPSA) is 67.9 Å². The summed E-state index contributed by atoms with van der Waals surface area (Å²) in [5.41, 5.74) is 0.901. The highest BCUT2D eigenvalue weighted by Gasteiger charge is 2.26. The molecule has 0 saturated heterocycles. The molecule has 2 amide bonds. The highest BCUT2D eigenvalue weighted by Crippen LogP contribution is 2.18. The zero-order valence-electron chi connectivity index (χ0n) is 19.3. The van der Waals surface area contributed by atoms with Gasteiger partial charge < -0.3 is 19.7 Å². The van der Waals surface area contributed by atoms with Gasteiger partial charge in [0, 0.05) is 24.0 Å². The van der Waals surface area contributed by atoms with Gasteiger partial charge in [-0.25, -0.2) is 0 Å². The largest absolute Gasteiger partial charge is 0.497 e. The number of rotatable bonds is 12. The standard InChI is InChI=1S/C25H33ClN2O4/c1-5-18(2)27-25(30)19(3)28(17-20-8-6-9-23(16-20)31-4)24(29)10-7-15-32-22-13-11-21(26)12-14-22/h6,8-9,11-14,16,18-19H,5,7,10,15,17H2,1-4H3,(H,27,30)/t18-,19-/m1/s1. The molecule has 2 aromatic carbocycles. The molecule has 2 aromatic rings. The lowest BCUT2D eigenvalue weighted by atomic mass is 10.1. The molecule has 1 N–H and O–H groups in total. The molecule has 0 saturated carbocycles. The third-order valence-electron chi connectivity index (χ3n) is 5.27. The molecule has 0 aliphatic rings. The molecule has 0 spiro atoms. The lowest BCUT2D eigenvalue weighted by Crippen LogP contribution is -2.49. The molecule has 0 aliphatic heterocycles. The van der Waals surface area contributed by atoms with Gasteiger partial charge in [-0.05, 0) is 68.7 Å². The zero-order valence-corrected chi connectivity index (χ0v) is 20.0. The number of halogens is 1. The molecular formula is C25H33ClN2O4. The van der Waals surface area contributed by atoms with Gasteiger partial charge in [0.25, 0.3) is 0 Å². The van der Waals surface area contributed by atoms with Gasteiger partial charge in [-0.15, -0.1) is 0 Å². The predicted molar refractivity (Wildman–Crippen MR) is 127 cm³/mol. The highest BCUT2D eigenvalue weighted by atomic mass is 35.5. The Morgan fingerprint density at radius 3 is 2.47 bits per heavy atom. The molecule has 2 atom stereocenters. The average Bonchev–Trinajstić information content (AvgIpc) is 2.80. The van der Waals surface area contributed by atoms with E-state index in [1.54, 1.807) is 43.2 Å². The minimum Gasteiger partial charge on any atom is -0.497 e. The Bertz CT molecular complexity index is 873. The van der Waals surface area contributed by atoms with Crippen LogP contribution in [-0.4, -0.2) is 42.5 Å². The molecule has 174 valence electrons. The van der Waals surface area contributed by atoms with Gasteiger partial charge in [0.1, 0.15) is 17.5 Å². The smallest absolute Gasteiger partial charge is 0.242 e. The van der Waals surface area contributed by atoms with E-state index in [-0.39, 0.29) is 24.3 Å². The zero-order chi connectivity index (χ0) is 23.5. The summed E-state index contributed by atoms with van der Waals surface area (Å²) < 4.78 is 11.0. The first-order valence-corrected chi connectivity index (χ1v) is 11.3. The molecule has 32 heavy (non-hydrogen) atoms. The number of amides is 2. The molecule has 0 bridgehead atoms. The van der Waals surface area contributed by atoms with Crippen LogP contribution < -0.4 is 14.8 Å². The minimum absolute atomic E-state index is 0.0477. The summed E-state index contributed by atoms with van der Waals surface area (Å²) in [5.74, 6) is 1.16. The van der Waals surface area contributed by atoms with E-state index in [4.69, 9.17) is 21.1 Å². The van der Waals surface area contributed by atoms with Crippen molar-refractivity contribution in [3.8, 4) is 11.5 Å². The molecule has 0 radical (unpaired) electrons. The first-order chi connectivity index (χ1) is 15.3.